The average molecular weight is 462 g/mol. The maximum Gasteiger partial charge on any atom is 0.339 e. The number of aryl methyl sites for hydroxylation is 1. The van der Waals surface area contributed by atoms with Gasteiger partial charge in [0.25, 0.3) is 5.56 Å². The van der Waals surface area contributed by atoms with E-state index in [2.05, 4.69) is 9.97 Å². The average Bonchev–Trinajstić information content (AvgIpc) is 3.24. The van der Waals surface area contributed by atoms with Crippen LogP contribution in [0.3, 0.4) is 0 Å². The smallest absolute Gasteiger partial charge is 0.339 e. The molecule has 8 heteroatoms. The highest BCUT2D eigenvalue weighted by molar-refractivity contribution is 7.19. The molecule has 0 aliphatic rings. The highest BCUT2D eigenvalue weighted by atomic mass is 35.5. The number of thiophene rings is 1. The molecule has 0 spiro atoms. The first-order chi connectivity index (χ1) is 15.5. The van der Waals surface area contributed by atoms with E-state index in [0.29, 0.717) is 37.8 Å². The van der Waals surface area contributed by atoms with Crippen molar-refractivity contribution in [1.82, 2.24) is 14.4 Å². The van der Waals surface area contributed by atoms with Gasteiger partial charge in [0.1, 0.15) is 12.3 Å². The maximum atomic E-state index is 13.1. The highest BCUT2D eigenvalue weighted by Gasteiger charge is 2.17. The fraction of sp³-hybridized carbons (Fsp3) is 0.0833. The SMILES string of the molecule is Cc1cccn2c(=O)cc(COC(=O)c3cc(-c4ccc(Cl)s4)nc4ccccc34)nc12. The minimum Gasteiger partial charge on any atom is -0.456 e. The van der Waals surface area contributed by atoms with Crippen LogP contribution in [0.15, 0.2) is 71.7 Å². The normalized spacial score (nSPS) is 11.2. The van der Waals surface area contributed by atoms with Gasteiger partial charge in [-0.05, 0) is 42.8 Å². The molecule has 0 fully saturated rings. The molecule has 6 nitrogen and oxygen atoms in total. The zero-order chi connectivity index (χ0) is 22.2. The third-order valence-electron chi connectivity index (χ3n) is 5.05. The summed E-state index contributed by atoms with van der Waals surface area (Å²) in [5.41, 5.74) is 3.28. The Morgan fingerprint density at radius 1 is 1.09 bits per heavy atom. The number of pyridine rings is 2. The van der Waals surface area contributed by atoms with Crippen LogP contribution in [-0.2, 0) is 11.3 Å². The number of esters is 1. The van der Waals surface area contributed by atoms with Gasteiger partial charge in [-0.3, -0.25) is 9.20 Å². The van der Waals surface area contributed by atoms with Crippen LogP contribution in [0.5, 0.6) is 0 Å². The summed E-state index contributed by atoms with van der Waals surface area (Å²) in [5.74, 6) is -0.515. The summed E-state index contributed by atoms with van der Waals surface area (Å²) in [6, 6.07) is 17.8. The second-order valence-electron chi connectivity index (χ2n) is 7.22. The molecule has 0 atom stereocenters. The second-order valence-corrected chi connectivity index (χ2v) is 8.94. The number of benzene rings is 1. The van der Waals surface area contributed by atoms with E-state index in [1.807, 2.05) is 43.3 Å². The number of aromatic nitrogens is 3. The van der Waals surface area contributed by atoms with Crippen molar-refractivity contribution in [2.45, 2.75) is 13.5 Å². The largest absolute Gasteiger partial charge is 0.456 e. The van der Waals surface area contributed by atoms with Crippen molar-refractivity contribution >= 4 is 45.5 Å². The summed E-state index contributed by atoms with van der Waals surface area (Å²) >= 11 is 7.47. The number of para-hydroxylation sites is 1. The van der Waals surface area contributed by atoms with E-state index >= 15 is 0 Å². The summed E-state index contributed by atoms with van der Waals surface area (Å²) in [7, 11) is 0. The van der Waals surface area contributed by atoms with Crippen LogP contribution in [0.25, 0.3) is 27.1 Å². The van der Waals surface area contributed by atoms with Crippen molar-refractivity contribution in [3.63, 3.8) is 0 Å². The van der Waals surface area contributed by atoms with E-state index in [1.165, 1.54) is 21.8 Å². The molecule has 0 saturated heterocycles. The van der Waals surface area contributed by atoms with Gasteiger partial charge >= 0.3 is 5.97 Å². The molecule has 4 aromatic heterocycles. The molecular formula is C24H16ClN3O3S. The lowest BCUT2D eigenvalue weighted by molar-refractivity contribution is 0.0470. The van der Waals surface area contributed by atoms with Crippen LogP contribution in [0.2, 0.25) is 4.34 Å². The summed E-state index contributed by atoms with van der Waals surface area (Å²) in [5, 5.41) is 0.686. The Bertz CT molecular complexity index is 1560. The first-order valence-corrected chi connectivity index (χ1v) is 11.0. The predicted octanol–water partition coefficient (Wildman–Crippen LogP) is 5.29. The van der Waals surface area contributed by atoms with Gasteiger partial charge in [-0.1, -0.05) is 35.9 Å². The van der Waals surface area contributed by atoms with Gasteiger partial charge in [-0.25, -0.2) is 14.8 Å². The second kappa shape index (κ2) is 8.18. The molecule has 5 aromatic rings. The number of ether oxygens (including phenoxy) is 1. The number of rotatable bonds is 4. The molecule has 0 amide bonds. The van der Waals surface area contributed by atoms with Gasteiger partial charge in [0.15, 0.2) is 0 Å². The van der Waals surface area contributed by atoms with Crippen LogP contribution in [0.4, 0.5) is 0 Å². The van der Waals surface area contributed by atoms with Gasteiger partial charge < -0.3 is 4.74 Å². The Balaban J connectivity index is 1.49. The molecule has 0 saturated carbocycles. The topological polar surface area (TPSA) is 73.6 Å². The third-order valence-corrected chi connectivity index (χ3v) is 6.31. The van der Waals surface area contributed by atoms with E-state index in [9.17, 15) is 9.59 Å². The lowest BCUT2D eigenvalue weighted by atomic mass is 10.1. The third kappa shape index (κ3) is 3.77. The molecule has 0 N–H and O–H groups in total. The van der Waals surface area contributed by atoms with Crippen molar-refractivity contribution < 1.29 is 9.53 Å². The number of hydrogen-bond donors (Lipinski definition) is 0. The van der Waals surface area contributed by atoms with E-state index in [-0.39, 0.29) is 12.2 Å². The number of fused-ring (bicyclic) bond motifs is 2. The Hall–Kier alpha value is -3.55. The quantitative estimate of drug-likeness (QED) is 0.340. The van der Waals surface area contributed by atoms with Gasteiger partial charge in [-0.2, -0.15) is 0 Å². The van der Waals surface area contributed by atoms with Gasteiger partial charge in [0, 0.05) is 17.6 Å². The van der Waals surface area contributed by atoms with Crippen molar-refractivity contribution in [3.8, 4) is 10.6 Å². The van der Waals surface area contributed by atoms with E-state index in [0.717, 1.165) is 10.4 Å². The zero-order valence-corrected chi connectivity index (χ0v) is 18.5. The summed E-state index contributed by atoms with van der Waals surface area (Å²) in [6.07, 6.45) is 1.66. The van der Waals surface area contributed by atoms with Gasteiger partial charge in [0.2, 0.25) is 0 Å². The van der Waals surface area contributed by atoms with Crippen LogP contribution in [0.1, 0.15) is 21.6 Å². The number of hydrogen-bond acceptors (Lipinski definition) is 6. The van der Waals surface area contributed by atoms with E-state index in [4.69, 9.17) is 16.3 Å². The molecular weight excluding hydrogens is 446 g/mol. The Kier molecular flexibility index (Phi) is 5.20. The monoisotopic (exact) mass is 461 g/mol. The van der Waals surface area contributed by atoms with E-state index in [1.54, 1.807) is 24.4 Å². The minimum atomic E-state index is -0.515. The van der Waals surface area contributed by atoms with Gasteiger partial charge in [-0.15, -0.1) is 11.3 Å². The summed E-state index contributed by atoms with van der Waals surface area (Å²) < 4.78 is 7.67. The Labute approximate surface area is 191 Å². The zero-order valence-electron chi connectivity index (χ0n) is 16.9. The molecule has 5 rings (SSSR count). The molecule has 0 radical (unpaired) electrons. The molecule has 0 aliphatic carbocycles. The lowest BCUT2D eigenvalue weighted by Crippen LogP contribution is -2.17. The number of nitrogens with zero attached hydrogens (tertiary/aromatic N) is 3. The van der Waals surface area contributed by atoms with E-state index < -0.39 is 5.97 Å². The molecule has 0 bridgehead atoms. The van der Waals surface area contributed by atoms with Crippen LogP contribution < -0.4 is 5.56 Å². The molecule has 4 heterocycles. The molecule has 0 aliphatic heterocycles. The van der Waals surface area contributed by atoms with Crippen LogP contribution in [0, 0.1) is 6.92 Å². The molecule has 32 heavy (non-hydrogen) atoms. The first-order valence-electron chi connectivity index (χ1n) is 9.80. The fourth-order valence-electron chi connectivity index (χ4n) is 3.52. The fourth-order valence-corrected chi connectivity index (χ4v) is 4.53. The lowest BCUT2D eigenvalue weighted by Gasteiger charge is -2.10. The van der Waals surface area contributed by atoms with Crippen molar-refractivity contribution in [1.29, 1.82) is 0 Å². The Morgan fingerprint density at radius 2 is 1.94 bits per heavy atom. The Morgan fingerprint density at radius 3 is 2.75 bits per heavy atom. The summed E-state index contributed by atoms with van der Waals surface area (Å²) in [6.45, 7) is 1.76. The van der Waals surface area contributed by atoms with Crippen LogP contribution >= 0.6 is 22.9 Å². The predicted molar refractivity (Wildman–Crippen MR) is 125 cm³/mol. The molecule has 1 aromatic carbocycles. The molecule has 158 valence electrons. The summed E-state index contributed by atoms with van der Waals surface area (Å²) in [4.78, 5) is 35.5. The number of carbonyl (C=O) groups excluding carboxylic acids is 1. The first kappa shape index (κ1) is 20.4. The maximum absolute atomic E-state index is 13.1. The number of halogens is 1. The number of carbonyl (C=O) groups is 1. The molecule has 0 unspecified atom stereocenters. The standard InChI is InChI=1S/C24H16ClN3O3S/c1-14-5-4-10-28-22(29)11-15(26-23(14)28)13-31-24(30)17-12-19(20-8-9-21(25)32-20)27-18-7-3-2-6-16(17)18/h2-12H,13H2,1H3. The van der Waals surface area contributed by atoms with Gasteiger partial charge in [0.05, 0.1) is 31.7 Å². The van der Waals surface area contributed by atoms with Crippen molar-refractivity contribution in [2.24, 2.45) is 0 Å². The van der Waals surface area contributed by atoms with Crippen molar-refractivity contribution in [3.05, 3.63) is 98.4 Å². The minimum absolute atomic E-state index is 0.115. The van der Waals surface area contributed by atoms with Crippen molar-refractivity contribution in [2.75, 3.05) is 0 Å². The highest BCUT2D eigenvalue weighted by Crippen LogP contribution is 2.32. The van der Waals surface area contributed by atoms with Crippen LogP contribution in [-0.4, -0.2) is 20.3 Å².